The van der Waals surface area contributed by atoms with E-state index in [-0.39, 0.29) is 57.1 Å². The van der Waals surface area contributed by atoms with Gasteiger partial charge >= 0.3 is 0 Å². The largest absolute Gasteiger partial charge is 0.391 e. The number of hydrogen-bond donors (Lipinski definition) is 1. The van der Waals surface area contributed by atoms with Crippen LogP contribution in [-0.4, -0.2) is 84.8 Å². The lowest BCUT2D eigenvalue weighted by molar-refractivity contribution is -0.0226. The van der Waals surface area contributed by atoms with Gasteiger partial charge in [-0.25, -0.2) is 6.57 Å². The minimum absolute atomic E-state index is 0. The minimum Gasteiger partial charge on any atom is -0.391 e. The number of rotatable bonds is 16. The van der Waals surface area contributed by atoms with Crippen molar-refractivity contribution in [1.82, 2.24) is 0 Å². The Bertz CT molecular complexity index is 262. The van der Waals surface area contributed by atoms with E-state index in [1.807, 2.05) is 0 Å². The number of nitrogens with zero attached hydrogens (tertiary/aromatic N) is 1. The fourth-order valence-corrected chi connectivity index (χ4v) is 1.75. The Morgan fingerprint density at radius 3 is 1.54 bits per heavy atom. The van der Waals surface area contributed by atoms with Gasteiger partial charge in [-0.2, -0.15) is 0 Å². The van der Waals surface area contributed by atoms with Gasteiger partial charge in [-0.05, 0) is 6.42 Å². The molecule has 0 aromatic heterocycles. The molecule has 0 spiro atoms. The van der Waals surface area contributed by atoms with Crippen LogP contribution in [0.4, 0.5) is 0 Å². The Kier molecular flexibility index (Phi) is 60.6. The molecule has 178 valence electrons. The highest BCUT2D eigenvalue weighted by atomic mass is 16.5. The van der Waals surface area contributed by atoms with Gasteiger partial charge in [0.25, 0.3) is 0 Å². The fraction of sp³-hybridized carbons (Fsp3) is 0.952. The standard InChI is InChI=1S/C15H29NO6.6CH4/c1-16-4-5-20-13-15(17)10-14(11-21-8-6-18-2)12-22-9-7-19-3;;;;;;/h14-15,17H,4-13H2,2-3H3;6*1H4. The van der Waals surface area contributed by atoms with Crippen LogP contribution >= 0.6 is 0 Å². The van der Waals surface area contributed by atoms with Gasteiger partial charge in [0.2, 0.25) is 6.54 Å². The fourth-order valence-electron chi connectivity index (χ4n) is 1.75. The molecule has 0 aliphatic heterocycles. The van der Waals surface area contributed by atoms with E-state index in [1.54, 1.807) is 14.2 Å². The number of aliphatic hydroxyl groups is 1. The van der Waals surface area contributed by atoms with Gasteiger partial charge in [-0.1, -0.05) is 44.6 Å². The molecule has 1 atom stereocenters. The molecule has 1 unspecified atom stereocenters. The third kappa shape index (κ3) is 32.9. The van der Waals surface area contributed by atoms with Crippen molar-refractivity contribution < 1.29 is 28.8 Å². The molecule has 0 aliphatic carbocycles. The summed E-state index contributed by atoms with van der Waals surface area (Å²) < 4.78 is 26.1. The van der Waals surface area contributed by atoms with Gasteiger partial charge in [-0.3, -0.25) is 0 Å². The van der Waals surface area contributed by atoms with Gasteiger partial charge in [0.15, 0.2) is 0 Å². The van der Waals surface area contributed by atoms with Crippen LogP contribution in [0.1, 0.15) is 51.0 Å². The number of methoxy groups -OCH3 is 2. The second kappa shape index (κ2) is 37.1. The Morgan fingerprint density at radius 2 is 1.14 bits per heavy atom. The first kappa shape index (κ1) is 45.8. The Hall–Kier alpha value is -0.750. The Morgan fingerprint density at radius 1 is 0.714 bits per heavy atom. The summed E-state index contributed by atoms with van der Waals surface area (Å²) in [7, 11) is 3.25. The molecule has 0 aliphatic rings. The third-order valence-corrected chi connectivity index (χ3v) is 2.83. The maximum atomic E-state index is 9.96. The van der Waals surface area contributed by atoms with Crippen LogP contribution in [0.5, 0.6) is 0 Å². The SMILES string of the molecule is C.C.C.C.C.C.[C-]#[N+]CCOCC(O)CC(COCCOC)COCCOC. The first-order chi connectivity index (χ1) is 10.7. The van der Waals surface area contributed by atoms with E-state index >= 15 is 0 Å². The van der Waals surface area contributed by atoms with E-state index in [2.05, 4.69) is 4.85 Å². The highest BCUT2D eigenvalue weighted by Gasteiger charge is 2.16. The van der Waals surface area contributed by atoms with Gasteiger partial charge < -0.3 is 33.6 Å². The molecule has 0 fully saturated rings. The first-order valence-electron chi connectivity index (χ1n) is 7.47. The van der Waals surface area contributed by atoms with Crippen molar-refractivity contribution in [2.45, 2.75) is 57.1 Å². The molecule has 7 nitrogen and oxygen atoms in total. The summed E-state index contributed by atoms with van der Waals surface area (Å²) in [5, 5.41) is 9.96. The molecule has 0 saturated heterocycles. The molecule has 0 heterocycles. The van der Waals surface area contributed by atoms with E-state index < -0.39 is 6.10 Å². The molecule has 0 rings (SSSR count). The van der Waals surface area contributed by atoms with E-state index in [0.29, 0.717) is 59.2 Å². The van der Waals surface area contributed by atoms with Crippen LogP contribution in [0.25, 0.3) is 4.85 Å². The highest BCUT2D eigenvalue weighted by Crippen LogP contribution is 2.09. The van der Waals surface area contributed by atoms with Gasteiger partial charge in [0.1, 0.15) is 6.61 Å². The van der Waals surface area contributed by atoms with Crippen LogP contribution < -0.4 is 0 Å². The van der Waals surface area contributed by atoms with Crippen molar-refractivity contribution >= 4 is 0 Å². The molecule has 0 radical (unpaired) electrons. The second-order valence-electron chi connectivity index (χ2n) is 4.85. The van der Waals surface area contributed by atoms with Crippen molar-refractivity contribution in [1.29, 1.82) is 0 Å². The molecular weight excluding hydrogens is 362 g/mol. The Balaban J connectivity index is -0.000000147. The van der Waals surface area contributed by atoms with Crippen molar-refractivity contribution in [2.75, 3.05) is 73.6 Å². The van der Waals surface area contributed by atoms with E-state index in [1.165, 1.54) is 0 Å². The van der Waals surface area contributed by atoms with Crippen molar-refractivity contribution in [3.63, 3.8) is 0 Å². The highest BCUT2D eigenvalue weighted by molar-refractivity contribution is 4.65. The lowest BCUT2D eigenvalue weighted by Crippen LogP contribution is -2.26. The summed E-state index contributed by atoms with van der Waals surface area (Å²) in [5.41, 5.74) is 0. The monoisotopic (exact) mass is 415 g/mol. The zero-order valence-electron chi connectivity index (χ0n) is 13.7. The van der Waals surface area contributed by atoms with E-state index in [4.69, 9.17) is 30.3 Å². The van der Waals surface area contributed by atoms with Gasteiger partial charge in [0.05, 0.1) is 52.4 Å². The molecule has 0 aromatic carbocycles. The number of aliphatic hydroxyl groups excluding tert-OH is 1. The van der Waals surface area contributed by atoms with Crippen molar-refractivity contribution in [3.8, 4) is 0 Å². The molecule has 28 heavy (non-hydrogen) atoms. The van der Waals surface area contributed by atoms with E-state index in [0.717, 1.165) is 0 Å². The summed E-state index contributed by atoms with van der Waals surface area (Å²) in [6.07, 6.45) is -0.0642. The van der Waals surface area contributed by atoms with Crippen LogP contribution in [0.2, 0.25) is 0 Å². The van der Waals surface area contributed by atoms with E-state index in [9.17, 15) is 5.11 Å². The lowest BCUT2D eigenvalue weighted by Gasteiger charge is -2.20. The third-order valence-electron chi connectivity index (χ3n) is 2.83. The molecule has 7 heteroatoms. The van der Waals surface area contributed by atoms with Crippen LogP contribution in [0, 0.1) is 12.5 Å². The maximum Gasteiger partial charge on any atom is 0.237 e. The summed E-state index contributed by atoms with van der Waals surface area (Å²) in [6.45, 7) is 10.6. The van der Waals surface area contributed by atoms with Crippen molar-refractivity contribution in [3.05, 3.63) is 11.4 Å². The van der Waals surface area contributed by atoms with Crippen LogP contribution in [-0.2, 0) is 23.7 Å². The molecule has 0 bridgehead atoms. The average Bonchev–Trinajstić information content (AvgIpc) is 2.52. The first-order valence-corrected chi connectivity index (χ1v) is 7.47. The van der Waals surface area contributed by atoms with Crippen LogP contribution in [0.3, 0.4) is 0 Å². The molecule has 1 N–H and O–H groups in total. The minimum atomic E-state index is -0.590. The zero-order chi connectivity index (χ0) is 16.5. The molecule has 0 amide bonds. The topological polar surface area (TPSA) is 70.7 Å². The second-order valence-corrected chi connectivity index (χ2v) is 4.85. The van der Waals surface area contributed by atoms with Crippen LogP contribution in [0.15, 0.2) is 0 Å². The smallest absolute Gasteiger partial charge is 0.237 e. The number of ether oxygens (including phenoxy) is 5. The molecule has 0 aromatic rings. The van der Waals surface area contributed by atoms with Gasteiger partial charge in [-0.15, -0.1) is 0 Å². The summed E-state index contributed by atoms with van der Waals surface area (Å²) in [4.78, 5) is 3.19. The molecular formula is C21H53NO6. The molecule has 0 saturated carbocycles. The Labute approximate surface area is 177 Å². The predicted octanol–water partition coefficient (Wildman–Crippen LogP) is 4.43. The quantitative estimate of drug-likeness (QED) is 0.297. The maximum absolute atomic E-state index is 9.96. The predicted molar refractivity (Wildman–Crippen MR) is 122 cm³/mol. The zero-order valence-corrected chi connectivity index (χ0v) is 13.7. The summed E-state index contributed by atoms with van der Waals surface area (Å²) in [6, 6.07) is 0. The summed E-state index contributed by atoms with van der Waals surface area (Å²) >= 11 is 0. The average molecular weight is 416 g/mol. The van der Waals surface area contributed by atoms with Crippen molar-refractivity contribution in [2.24, 2.45) is 5.92 Å². The lowest BCUT2D eigenvalue weighted by atomic mass is 10.0. The summed E-state index contributed by atoms with van der Waals surface area (Å²) in [5.74, 6) is 0.0770. The number of hydrogen-bond acceptors (Lipinski definition) is 6. The normalized spacial score (nSPS) is 9.82. The van der Waals surface area contributed by atoms with Gasteiger partial charge in [0, 0.05) is 20.1 Å².